The van der Waals surface area contributed by atoms with E-state index in [1.165, 1.54) is 15.7 Å². The molecule has 3 heterocycles. The number of anilines is 1. The standard InChI is InChI=1S/C26H22N4O3/c1-3-15-5-7-17(8-6-15)13-20-25(31)32-23-19(14-27)21(18-11-9-16(4-2)10-12-18)22-24(30(20)23)33-26(28)29-22/h5-13,21H,3-4H2,1-2H3,(H2,28,29)/b20-13+/t21-/m1/s1. The molecule has 0 unspecified atom stereocenters. The van der Waals surface area contributed by atoms with Crippen LogP contribution in [-0.2, 0) is 12.8 Å². The first kappa shape index (κ1) is 20.6. The van der Waals surface area contributed by atoms with Gasteiger partial charge in [0, 0.05) is 0 Å². The van der Waals surface area contributed by atoms with Crippen molar-refractivity contribution in [2.75, 3.05) is 5.73 Å². The summed E-state index contributed by atoms with van der Waals surface area (Å²) in [6.45, 7) is 4.16. The van der Waals surface area contributed by atoms with Crippen LogP contribution in [0.4, 0.5) is 6.01 Å². The van der Waals surface area contributed by atoms with Crippen LogP contribution in [-0.4, -0.2) is 9.55 Å². The fraction of sp³-hybridized carbons (Fsp3) is 0.192. The quantitative estimate of drug-likeness (QED) is 0.525. The molecule has 0 aliphatic carbocycles. The highest BCUT2D eigenvalue weighted by atomic mass is 16.4. The highest BCUT2D eigenvalue weighted by Gasteiger charge is 2.35. The summed E-state index contributed by atoms with van der Waals surface area (Å²) in [7, 11) is 0. The predicted molar refractivity (Wildman–Crippen MR) is 124 cm³/mol. The Kier molecular flexibility index (Phi) is 4.98. The monoisotopic (exact) mass is 438 g/mol. The molecule has 7 heteroatoms. The summed E-state index contributed by atoms with van der Waals surface area (Å²) >= 11 is 0. The van der Waals surface area contributed by atoms with Crippen molar-refractivity contribution in [2.45, 2.75) is 32.6 Å². The molecular formula is C26H22N4O3. The number of aryl methyl sites for hydroxylation is 2. The minimum Gasteiger partial charge on any atom is -0.406 e. The average molecular weight is 438 g/mol. The lowest BCUT2D eigenvalue weighted by atomic mass is 9.87. The lowest BCUT2D eigenvalue weighted by molar-refractivity contribution is 0.455. The maximum atomic E-state index is 12.9. The maximum Gasteiger partial charge on any atom is 0.362 e. The summed E-state index contributed by atoms with van der Waals surface area (Å²) in [4.78, 5) is 17.3. The maximum absolute atomic E-state index is 12.9. The Morgan fingerprint density at radius 3 is 2.30 bits per heavy atom. The second kappa shape index (κ2) is 7.99. The van der Waals surface area contributed by atoms with E-state index in [-0.39, 0.29) is 28.4 Å². The van der Waals surface area contributed by atoms with Crippen molar-refractivity contribution < 1.29 is 8.83 Å². The summed E-state index contributed by atoms with van der Waals surface area (Å²) < 4.78 is 12.9. The van der Waals surface area contributed by atoms with Gasteiger partial charge in [-0.25, -0.2) is 9.36 Å². The molecule has 2 aromatic carbocycles. The van der Waals surface area contributed by atoms with Crippen molar-refractivity contribution in [2.24, 2.45) is 0 Å². The minimum atomic E-state index is -0.569. The molecule has 0 amide bonds. The predicted octanol–water partition coefficient (Wildman–Crippen LogP) is 2.77. The molecule has 2 N–H and O–H groups in total. The van der Waals surface area contributed by atoms with Gasteiger partial charge >= 0.3 is 5.63 Å². The van der Waals surface area contributed by atoms with Crippen molar-refractivity contribution in [1.82, 2.24) is 9.55 Å². The van der Waals surface area contributed by atoms with E-state index in [0.717, 1.165) is 24.0 Å². The van der Waals surface area contributed by atoms with Crippen LogP contribution >= 0.6 is 0 Å². The Morgan fingerprint density at radius 2 is 1.70 bits per heavy atom. The Bertz CT molecular complexity index is 1560. The Balaban J connectivity index is 1.80. The number of fused-ring (bicyclic) bond motifs is 3. The first-order valence-electron chi connectivity index (χ1n) is 10.9. The van der Waals surface area contributed by atoms with Gasteiger partial charge in [0.2, 0.25) is 11.4 Å². The molecule has 1 aliphatic rings. The number of nitrogens with two attached hydrogens (primary N) is 1. The van der Waals surface area contributed by atoms with Gasteiger partial charge in [0.25, 0.3) is 6.01 Å². The van der Waals surface area contributed by atoms with Gasteiger partial charge < -0.3 is 14.6 Å². The van der Waals surface area contributed by atoms with Crippen LogP contribution in [0, 0.1) is 11.3 Å². The Hall–Kier alpha value is -4.31. The molecule has 0 saturated heterocycles. The van der Waals surface area contributed by atoms with Crippen molar-refractivity contribution in [3.63, 3.8) is 0 Å². The van der Waals surface area contributed by atoms with Crippen LogP contribution in [0.15, 0.2) is 62.2 Å². The molecule has 164 valence electrons. The third-order valence-corrected chi connectivity index (χ3v) is 6.02. The third-order valence-electron chi connectivity index (χ3n) is 6.02. The smallest absolute Gasteiger partial charge is 0.362 e. The lowest BCUT2D eigenvalue weighted by Gasteiger charge is -2.19. The van der Waals surface area contributed by atoms with E-state index in [1.54, 1.807) is 6.08 Å². The molecule has 0 spiro atoms. The number of hydrogen-bond donors (Lipinski definition) is 1. The Morgan fingerprint density at radius 1 is 1.06 bits per heavy atom. The molecule has 1 aliphatic heterocycles. The summed E-state index contributed by atoms with van der Waals surface area (Å²) in [5, 5.41) is 10.3. The number of benzene rings is 2. The molecule has 5 rings (SSSR count). The Labute approximate surface area is 189 Å². The van der Waals surface area contributed by atoms with Crippen molar-refractivity contribution >= 4 is 17.7 Å². The zero-order chi connectivity index (χ0) is 23.1. The first-order valence-corrected chi connectivity index (χ1v) is 10.9. The molecule has 4 aromatic rings. The minimum absolute atomic E-state index is 0.0419. The number of nitriles is 1. The van der Waals surface area contributed by atoms with Gasteiger partial charge in [0.05, 0.1) is 5.92 Å². The van der Waals surface area contributed by atoms with Crippen LogP contribution < -0.4 is 22.3 Å². The van der Waals surface area contributed by atoms with Crippen molar-refractivity contribution in [3.05, 3.63) is 97.8 Å². The number of aromatic nitrogens is 2. The van der Waals surface area contributed by atoms with E-state index < -0.39 is 11.5 Å². The average Bonchev–Trinajstić information content (AvgIpc) is 3.37. The number of nitrogen functional groups attached to an aromatic ring is 1. The van der Waals surface area contributed by atoms with Gasteiger partial charge in [-0.1, -0.05) is 62.4 Å². The zero-order valence-corrected chi connectivity index (χ0v) is 18.3. The van der Waals surface area contributed by atoms with Gasteiger partial charge in [-0.2, -0.15) is 10.2 Å². The van der Waals surface area contributed by atoms with Crippen LogP contribution in [0.1, 0.15) is 47.7 Å². The van der Waals surface area contributed by atoms with Gasteiger partial charge in [-0.3, -0.25) is 0 Å². The zero-order valence-electron chi connectivity index (χ0n) is 18.3. The molecular weight excluding hydrogens is 416 g/mol. The topological polar surface area (TPSA) is 111 Å². The highest BCUT2D eigenvalue weighted by molar-refractivity contribution is 5.73. The van der Waals surface area contributed by atoms with E-state index in [9.17, 15) is 10.1 Å². The molecule has 2 aromatic heterocycles. The number of rotatable bonds is 4. The van der Waals surface area contributed by atoms with Crippen molar-refractivity contribution in [3.8, 4) is 12.0 Å². The van der Waals surface area contributed by atoms with Crippen LogP contribution in [0.2, 0.25) is 0 Å². The van der Waals surface area contributed by atoms with E-state index in [0.29, 0.717) is 5.69 Å². The number of hydrogen-bond acceptors (Lipinski definition) is 6. The molecule has 1 atom stereocenters. The molecule has 0 fully saturated rings. The summed E-state index contributed by atoms with van der Waals surface area (Å²) in [6.07, 6.45) is 3.53. The van der Waals surface area contributed by atoms with Gasteiger partial charge in [-0.15, -0.1) is 0 Å². The van der Waals surface area contributed by atoms with Crippen LogP contribution in [0.25, 0.3) is 17.5 Å². The van der Waals surface area contributed by atoms with Crippen molar-refractivity contribution in [1.29, 1.82) is 5.26 Å². The molecule has 0 saturated carbocycles. The summed E-state index contributed by atoms with van der Waals surface area (Å²) in [5.41, 5.74) is 10.3. The highest BCUT2D eigenvalue weighted by Crippen LogP contribution is 2.37. The second-order valence-electron chi connectivity index (χ2n) is 7.95. The van der Waals surface area contributed by atoms with E-state index in [1.807, 2.05) is 48.5 Å². The van der Waals surface area contributed by atoms with E-state index in [2.05, 4.69) is 24.9 Å². The first-order chi connectivity index (χ1) is 16.0. The van der Waals surface area contributed by atoms with E-state index >= 15 is 0 Å². The summed E-state index contributed by atoms with van der Waals surface area (Å²) in [6, 6.07) is 18.0. The van der Waals surface area contributed by atoms with Crippen LogP contribution in [0.5, 0.6) is 0 Å². The molecule has 7 nitrogen and oxygen atoms in total. The molecule has 0 bridgehead atoms. The van der Waals surface area contributed by atoms with Gasteiger partial charge in [0.1, 0.15) is 22.7 Å². The molecule has 33 heavy (non-hydrogen) atoms. The number of nitrogens with zero attached hydrogens (tertiary/aromatic N) is 3. The normalized spacial score (nSPS) is 15.2. The van der Waals surface area contributed by atoms with Gasteiger partial charge in [0.15, 0.2) is 0 Å². The fourth-order valence-electron chi connectivity index (χ4n) is 4.23. The lowest BCUT2D eigenvalue weighted by Crippen LogP contribution is -2.35. The molecule has 0 radical (unpaired) electrons. The fourth-order valence-corrected chi connectivity index (χ4v) is 4.23. The van der Waals surface area contributed by atoms with E-state index in [4.69, 9.17) is 14.6 Å². The summed E-state index contributed by atoms with van der Waals surface area (Å²) in [5.74, 6) is -0.271. The SMILES string of the molecule is CCc1ccc(/C=c2\c(=O)oc3n2-c2oc(N)nc2[C@H](c2ccc(CC)cc2)C=3C#N)cc1. The number of oxazole rings is 2. The third kappa shape index (κ3) is 3.37. The van der Waals surface area contributed by atoms with Gasteiger partial charge in [-0.05, 0) is 41.2 Å². The second-order valence-corrected chi connectivity index (χ2v) is 7.95. The van der Waals surface area contributed by atoms with Crippen LogP contribution in [0.3, 0.4) is 0 Å². The largest absolute Gasteiger partial charge is 0.406 e.